The molecule has 0 spiro atoms. The van der Waals surface area contributed by atoms with E-state index in [0.29, 0.717) is 17.0 Å². The molecular formula is C15H18N4O. The van der Waals surface area contributed by atoms with Crippen LogP contribution in [-0.2, 0) is 0 Å². The average molecular weight is 270 g/mol. The SMILES string of the molecule is N#Cc1cnn2cc(NCC3CCCCC3)cc(O)c12. The molecule has 1 aliphatic carbocycles. The number of rotatable bonds is 3. The summed E-state index contributed by atoms with van der Waals surface area (Å²) >= 11 is 0. The number of aromatic hydroxyl groups is 1. The minimum Gasteiger partial charge on any atom is -0.506 e. The van der Waals surface area contributed by atoms with E-state index in [9.17, 15) is 5.11 Å². The third kappa shape index (κ3) is 2.42. The smallest absolute Gasteiger partial charge is 0.144 e. The average Bonchev–Trinajstić information content (AvgIpc) is 2.90. The number of hydrogen-bond acceptors (Lipinski definition) is 4. The van der Waals surface area contributed by atoms with E-state index in [-0.39, 0.29) is 5.75 Å². The lowest BCUT2D eigenvalue weighted by molar-refractivity contribution is 0.373. The number of fused-ring (bicyclic) bond motifs is 1. The molecule has 0 bridgehead atoms. The first-order valence-electron chi connectivity index (χ1n) is 7.12. The molecule has 0 saturated heterocycles. The molecule has 1 saturated carbocycles. The van der Waals surface area contributed by atoms with Gasteiger partial charge < -0.3 is 10.4 Å². The number of anilines is 1. The first-order valence-corrected chi connectivity index (χ1v) is 7.12. The maximum atomic E-state index is 10.0. The Morgan fingerprint density at radius 1 is 1.40 bits per heavy atom. The summed E-state index contributed by atoms with van der Waals surface area (Å²) in [4.78, 5) is 0. The van der Waals surface area contributed by atoms with Gasteiger partial charge in [0, 0.05) is 12.6 Å². The Morgan fingerprint density at radius 3 is 2.95 bits per heavy atom. The molecule has 2 N–H and O–H groups in total. The molecule has 0 amide bonds. The lowest BCUT2D eigenvalue weighted by atomic mass is 9.89. The summed E-state index contributed by atoms with van der Waals surface area (Å²) in [5.41, 5.74) is 1.70. The van der Waals surface area contributed by atoms with E-state index in [1.54, 1.807) is 10.6 Å². The summed E-state index contributed by atoms with van der Waals surface area (Å²) in [7, 11) is 0. The van der Waals surface area contributed by atoms with Crippen LogP contribution in [0.1, 0.15) is 37.7 Å². The fourth-order valence-electron chi connectivity index (χ4n) is 2.93. The first kappa shape index (κ1) is 12.8. The third-order valence-corrected chi connectivity index (χ3v) is 4.03. The number of nitriles is 1. The Labute approximate surface area is 117 Å². The Balaban J connectivity index is 1.77. The molecule has 0 atom stereocenters. The molecule has 104 valence electrons. The molecule has 5 heteroatoms. The van der Waals surface area contributed by atoms with Crippen molar-refractivity contribution in [1.29, 1.82) is 5.26 Å². The van der Waals surface area contributed by atoms with E-state index in [4.69, 9.17) is 5.26 Å². The molecular weight excluding hydrogens is 252 g/mol. The Bertz CT molecular complexity index is 650. The van der Waals surface area contributed by atoms with Crippen LogP contribution in [-0.4, -0.2) is 21.3 Å². The zero-order chi connectivity index (χ0) is 13.9. The number of nitrogens with zero attached hydrogens (tertiary/aromatic N) is 3. The van der Waals surface area contributed by atoms with E-state index >= 15 is 0 Å². The van der Waals surface area contributed by atoms with Gasteiger partial charge in [-0.15, -0.1) is 0 Å². The predicted molar refractivity (Wildman–Crippen MR) is 76.6 cm³/mol. The topological polar surface area (TPSA) is 73.4 Å². The number of pyridine rings is 1. The van der Waals surface area contributed by atoms with Gasteiger partial charge in [0.05, 0.1) is 18.1 Å². The van der Waals surface area contributed by atoms with Crippen LogP contribution < -0.4 is 5.32 Å². The first-order chi connectivity index (χ1) is 9.78. The normalized spacial score (nSPS) is 16.1. The minimum atomic E-state index is 0.0905. The fourth-order valence-corrected chi connectivity index (χ4v) is 2.93. The van der Waals surface area contributed by atoms with Crippen LogP contribution in [0.4, 0.5) is 5.69 Å². The van der Waals surface area contributed by atoms with Gasteiger partial charge >= 0.3 is 0 Å². The van der Waals surface area contributed by atoms with Crippen molar-refractivity contribution in [1.82, 2.24) is 9.61 Å². The fraction of sp³-hybridized carbons (Fsp3) is 0.467. The van der Waals surface area contributed by atoms with E-state index in [1.807, 2.05) is 12.3 Å². The molecule has 0 unspecified atom stereocenters. The van der Waals surface area contributed by atoms with E-state index < -0.39 is 0 Å². The zero-order valence-corrected chi connectivity index (χ0v) is 11.3. The van der Waals surface area contributed by atoms with Gasteiger partial charge in [0.15, 0.2) is 0 Å². The van der Waals surface area contributed by atoms with Crippen LogP contribution in [0.3, 0.4) is 0 Å². The molecule has 0 radical (unpaired) electrons. The highest BCUT2D eigenvalue weighted by molar-refractivity contribution is 5.71. The van der Waals surface area contributed by atoms with Crippen molar-refractivity contribution in [3.63, 3.8) is 0 Å². The Hall–Kier alpha value is -2.22. The molecule has 5 nitrogen and oxygen atoms in total. The van der Waals surface area contributed by atoms with E-state index in [2.05, 4.69) is 10.4 Å². The molecule has 2 heterocycles. The largest absolute Gasteiger partial charge is 0.506 e. The molecule has 0 aromatic carbocycles. The molecule has 3 rings (SSSR count). The molecule has 0 aliphatic heterocycles. The van der Waals surface area contributed by atoms with Crippen molar-refractivity contribution in [2.24, 2.45) is 5.92 Å². The summed E-state index contributed by atoms with van der Waals surface area (Å²) in [6.07, 6.45) is 9.85. The van der Waals surface area contributed by atoms with Crippen molar-refractivity contribution >= 4 is 11.2 Å². The van der Waals surface area contributed by atoms with Crippen molar-refractivity contribution < 1.29 is 5.11 Å². The molecule has 2 aromatic heterocycles. The third-order valence-electron chi connectivity index (χ3n) is 4.03. The van der Waals surface area contributed by atoms with E-state index in [0.717, 1.165) is 12.2 Å². The molecule has 20 heavy (non-hydrogen) atoms. The van der Waals surface area contributed by atoms with Crippen LogP contribution in [0.25, 0.3) is 5.52 Å². The highest BCUT2D eigenvalue weighted by Crippen LogP contribution is 2.27. The van der Waals surface area contributed by atoms with Gasteiger partial charge in [0.2, 0.25) is 0 Å². The summed E-state index contributed by atoms with van der Waals surface area (Å²) in [5.74, 6) is 0.807. The van der Waals surface area contributed by atoms with Gasteiger partial charge in [-0.2, -0.15) is 10.4 Å². The summed E-state index contributed by atoms with van der Waals surface area (Å²) in [5, 5.41) is 26.5. The van der Waals surface area contributed by atoms with Crippen LogP contribution in [0.5, 0.6) is 5.75 Å². The summed E-state index contributed by atoms with van der Waals surface area (Å²) in [6, 6.07) is 3.70. The second kappa shape index (κ2) is 5.41. The molecule has 1 fully saturated rings. The second-order valence-electron chi connectivity index (χ2n) is 5.46. The van der Waals surface area contributed by atoms with Crippen molar-refractivity contribution in [3.05, 3.63) is 24.0 Å². The monoisotopic (exact) mass is 270 g/mol. The molecule has 1 aliphatic rings. The number of hydrogen-bond donors (Lipinski definition) is 2. The molecule has 2 aromatic rings. The van der Waals surface area contributed by atoms with E-state index in [1.165, 1.54) is 38.3 Å². The highest BCUT2D eigenvalue weighted by atomic mass is 16.3. The van der Waals surface area contributed by atoms with Gasteiger partial charge in [0.25, 0.3) is 0 Å². The highest BCUT2D eigenvalue weighted by Gasteiger charge is 2.14. The number of nitrogens with one attached hydrogen (secondary N) is 1. The minimum absolute atomic E-state index is 0.0905. The quantitative estimate of drug-likeness (QED) is 0.899. The van der Waals surface area contributed by atoms with Crippen molar-refractivity contribution in [3.8, 4) is 11.8 Å². The Morgan fingerprint density at radius 2 is 2.20 bits per heavy atom. The zero-order valence-electron chi connectivity index (χ0n) is 11.3. The lowest BCUT2D eigenvalue weighted by Crippen LogP contribution is -2.17. The van der Waals surface area contributed by atoms with Gasteiger partial charge in [-0.05, 0) is 18.8 Å². The maximum Gasteiger partial charge on any atom is 0.144 e. The van der Waals surface area contributed by atoms with Crippen molar-refractivity contribution in [2.75, 3.05) is 11.9 Å². The lowest BCUT2D eigenvalue weighted by Gasteiger charge is -2.22. The summed E-state index contributed by atoms with van der Waals surface area (Å²) in [6.45, 7) is 0.928. The van der Waals surface area contributed by atoms with Gasteiger partial charge in [0.1, 0.15) is 22.9 Å². The number of aromatic nitrogens is 2. The van der Waals surface area contributed by atoms with Crippen LogP contribution >= 0.6 is 0 Å². The summed E-state index contributed by atoms with van der Waals surface area (Å²) < 4.78 is 1.55. The van der Waals surface area contributed by atoms with Crippen LogP contribution in [0.15, 0.2) is 18.5 Å². The van der Waals surface area contributed by atoms with Crippen LogP contribution in [0.2, 0.25) is 0 Å². The standard InChI is InChI=1S/C15H18N4O/c16-7-12-9-18-19-10-13(6-14(20)15(12)19)17-8-11-4-2-1-3-5-11/h6,9-11,17,20H,1-5,8H2. The Kier molecular flexibility index (Phi) is 3.46. The predicted octanol–water partition coefficient (Wildman–Crippen LogP) is 2.90. The van der Waals surface area contributed by atoms with Gasteiger partial charge in [-0.3, -0.25) is 0 Å². The second-order valence-corrected chi connectivity index (χ2v) is 5.46. The van der Waals surface area contributed by atoms with Gasteiger partial charge in [-0.1, -0.05) is 19.3 Å². The maximum absolute atomic E-state index is 10.0. The van der Waals surface area contributed by atoms with Crippen LogP contribution in [0, 0.1) is 17.2 Å². The van der Waals surface area contributed by atoms with Gasteiger partial charge in [-0.25, -0.2) is 4.52 Å². The van der Waals surface area contributed by atoms with Crippen molar-refractivity contribution in [2.45, 2.75) is 32.1 Å².